The van der Waals surface area contributed by atoms with E-state index < -0.39 is 0 Å². The summed E-state index contributed by atoms with van der Waals surface area (Å²) in [7, 11) is 1.95. The maximum Gasteiger partial charge on any atom is 0.0953 e. The minimum Gasteiger partial charge on any atom is -0.472 e. The molecule has 2 aromatic heterocycles. The molecule has 2 nitrogen and oxygen atoms in total. The SMILES string of the molecule is CNC(c1ccoc1)c1ccsc1. The Morgan fingerprint density at radius 2 is 2.31 bits per heavy atom. The third kappa shape index (κ3) is 1.66. The van der Waals surface area contributed by atoms with Gasteiger partial charge in [0.2, 0.25) is 0 Å². The summed E-state index contributed by atoms with van der Waals surface area (Å²) in [5.74, 6) is 0. The van der Waals surface area contributed by atoms with E-state index in [2.05, 4.69) is 22.1 Å². The summed E-state index contributed by atoms with van der Waals surface area (Å²) >= 11 is 1.71. The minimum atomic E-state index is 0.255. The largest absolute Gasteiger partial charge is 0.472 e. The standard InChI is InChI=1S/C10H11NOS/c1-11-10(8-2-4-12-6-8)9-3-5-13-7-9/h2-7,10-11H,1H3. The van der Waals surface area contributed by atoms with Gasteiger partial charge in [0.1, 0.15) is 0 Å². The maximum absolute atomic E-state index is 5.06. The Balaban J connectivity index is 2.29. The summed E-state index contributed by atoms with van der Waals surface area (Å²) < 4.78 is 5.06. The number of hydrogen-bond acceptors (Lipinski definition) is 3. The van der Waals surface area contributed by atoms with E-state index in [-0.39, 0.29) is 6.04 Å². The molecule has 1 N–H and O–H groups in total. The zero-order valence-corrected chi connectivity index (χ0v) is 8.17. The Morgan fingerprint density at radius 1 is 1.38 bits per heavy atom. The molecule has 2 heterocycles. The molecule has 1 unspecified atom stereocenters. The normalized spacial score (nSPS) is 13.0. The Hall–Kier alpha value is -1.06. The molecule has 0 spiro atoms. The first-order chi connectivity index (χ1) is 6.42. The van der Waals surface area contributed by atoms with Crippen molar-refractivity contribution in [3.63, 3.8) is 0 Å². The van der Waals surface area contributed by atoms with E-state index in [9.17, 15) is 0 Å². The highest BCUT2D eigenvalue weighted by Crippen LogP contribution is 2.23. The van der Waals surface area contributed by atoms with Crippen LogP contribution in [-0.4, -0.2) is 7.05 Å². The Bertz CT molecular complexity index is 305. The van der Waals surface area contributed by atoms with Gasteiger partial charge in [0.25, 0.3) is 0 Å². The topological polar surface area (TPSA) is 25.2 Å². The van der Waals surface area contributed by atoms with E-state index in [0.717, 1.165) is 0 Å². The van der Waals surface area contributed by atoms with Crippen molar-refractivity contribution in [1.29, 1.82) is 0 Å². The second-order valence-corrected chi connectivity index (χ2v) is 3.62. The molecule has 0 saturated carbocycles. The van der Waals surface area contributed by atoms with Gasteiger partial charge in [-0.3, -0.25) is 0 Å². The van der Waals surface area contributed by atoms with Crippen LogP contribution in [0.3, 0.4) is 0 Å². The highest BCUT2D eigenvalue weighted by molar-refractivity contribution is 7.08. The molecule has 0 amide bonds. The van der Waals surface area contributed by atoms with Crippen LogP contribution in [0.15, 0.2) is 39.8 Å². The molecule has 0 fully saturated rings. The van der Waals surface area contributed by atoms with Gasteiger partial charge in [-0.2, -0.15) is 11.3 Å². The lowest BCUT2D eigenvalue weighted by atomic mass is 10.1. The van der Waals surface area contributed by atoms with Crippen LogP contribution in [0.2, 0.25) is 0 Å². The molecule has 2 aromatic rings. The van der Waals surface area contributed by atoms with Gasteiger partial charge in [-0.05, 0) is 35.5 Å². The van der Waals surface area contributed by atoms with Crippen LogP contribution in [0.4, 0.5) is 0 Å². The monoisotopic (exact) mass is 193 g/mol. The van der Waals surface area contributed by atoms with Crippen LogP contribution in [0.1, 0.15) is 17.2 Å². The second-order valence-electron chi connectivity index (χ2n) is 2.84. The lowest BCUT2D eigenvalue weighted by Crippen LogP contribution is -2.16. The summed E-state index contributed by atoms with van der Waals surface area (Å²) in [4.78, 5) is 0. The average Bonchev–Trinajstić information content (AvgIpc) is 2.76. The van der Waals surface area contributed by atoms with Crippen molar-refractivity contribution in [2.75, 3.05) is 7.05 Å². The van der Waals surface area contributed by atoms with Crippen molar-refractivity contribution in [2.45, 2.75) is 6.04 Å². The number of rotatable bonds is 3. The van der Waals surface area contributed by atoms with Gasteiger partial charge in [0.15, 0.2) is 0 Å². The van der Waals surface area contributed by atoms with Crippen LogP contribution in [0, 0.1) is 0 Å². The lowest BCUT2D eigenvalue weighted by Gasteiger charge is -2.11. The van der Waals surface area contributed by atoms with Crippen LogP contribution < -0.4 is 5.32 Å². The summed E-state index contributed by atoms with van der Waals surface area (Å²) in [5, 5.41) is 7.48. The molecule has 68 valence electrons. The zero-order valence-electron chi connectivity index (χ0n) is 7.36. The average molecular weight is 193 g/mol. The van der Waals surface area contributed by atoms with Crippen molar-refractivity contribution < 1.29 is 4.42 Å². The van der Waals surface area contributed by atoms with Crippen LogP contribution in [0.5, 0.6) is 0 Å². The highest BCUT2D eigenvalue weighted by Gasteiger charge is 2.12. The predicted molar refractivity (Wildman–Crippen MR) is 53.9 cm³/mol. The van der Waals surface area contributed by atoms with E-state index in [1.54, 1.807) is 23.9 Å². The van der Waals surface area contributed by atoms with E-state index >= 15 is 0 Å². The van der Waals surface area contributed by atoms with Gasteiger partial charge >= 0.3 is 0 Å². The summed E-state index contributed by atoms with van der Waals surface area (Å²) in [6.45, 7) is 0. The van der Waals surface area contributed by atoms with Gasteiger partial charge in [-0.15, -0.1) is 0 Å². The van der Waals surface area contributed by atoms with E-state index in [4.69, 9.17) is 4.42 Å². The smallest absolute Gasteiger partial charge is 0.0953 e. The number of nitrogens with one attached hydrogen (secondary N) is 1. The van der Waals surface area contributed by atoms with Gasteiger partial charge < -0.3 is 9.73 Å². The predicted octanol–water partition coefficient (Wildman–Crippen LogP) is 2.65. The fraction of sp³-hybridized carbons (Fsp3) is 0.200. The molecule has 0 aliphatic heterocycles. The first kappa shape index (κ1) is 8.53. The molecule has 0 aromatic carbocycles. The molecule has 0 bridgehead atoms. The lowest BCUT2D eigenvalue weighted by molar-refractivity contribution is 0.557. The summed E-state index contributed by atoms with van der Waals surface area (Å²) in [6.07, 6.45) is 3.48. The summed E-state index contributed by atoms with van der Waals surface area (Å²) in [5.41, 5.74) is 2.45. The molecular weight excluding hydrogens is 182 g/mol. The molecular formula is C10H11NOS. The van der Waals surface area contributed by atoms with E-state index in [1.165, 1.54) is 11.1 Å². The third-order valence-corrected chi connectivity index (χ3v) is 2.74. The Kier molecular flexibility index (Phi) is 2.47. The number of hydrogen-bond donors (Lipinski definition) is 1. The van der Waals surface area contributed by atoms with Crippen LogP contribution in [-0.2, 0) is 0 Å². The van der Waals surface area contributed by atoms with E-state index in [0.29, 0.717) is 0 Å². The fourth-order valence-corrected chi connectivity index (χ4v) is 2.09. The molecule has 0 saturated heterocycles. The second kappa shape index (κ2) is 3.77. The maximum atomic E-state index is 5.06. The first-order valence-corrected chi connectivity index (χ1v) is 5.07. The Labute approximate surface area is 81.2 Å². The minimum absolute atomic E-state index is 0.255. The fourth-order valence-electron chi connectivity index (χ4n) is 1.40. The molecule has 1 atom stereocenters. The van der Waals surface area contributed by atoms with Gasteiger partial charge in [-0.25, -0.2) is 0 Å². The van der Waals surface area contributed by atoms with Gasteiger partial charge in [0, 0.05) is 5.56 Å². The van der Waals surface area contributed by atoms with Crippen molar-refractivity contribution in [3.05, 3.63) is 46.5 Å². The van der Waals surface area contributed by atoms with Crippen LogP contribution >= 0.6 is 11.3 Å². The Morgan fingerprint density at radius 3 is 2.85 bits per heavy atom. The third-order valence-electron chi connectivity index (χ3n) is 2.04. The zero-order chi connectivity index (χ0) is 9.10. The van der Waals surface area contributed by atoms with Gasteiger partial charge in [-0.1, -0.05) is 0 Å². The highest BCUT2D eigenvalue weighted by atomic mass is 32.1. The quantitative estimate of drug-likeness (QED) is 0.810. The summed E-state index contributed by atoms with van der Waals surface area (Å²) in [6, 6.07) is 4.36. The van der Waals surface area contributed by atoms with Crippen molar-refractivity contribution in [2.24, 2.45) is 0 Å². The van der Waals surface area contributed by atoms with Crippen molar-refractivity contribution >= 4 is 11.3 Å². The molecule has 0 aliphatic carbocycles. The van der Waals surface area contributed by atoms with Crippen molar-refractivity contribution in [1.82, 2.24) is 5.32 Å². The van der Waals surface area contributed by atoms with E-state index in [1.807, 2.05) is 13.1 Å². The first-order valence-electron chi connectivity index (χ1n) is 4.13. The molecule has 3 heteroatoms. The molecule has 0 radical (unpaired) electrons. The number of thiophene rings is 1. The number of furan rings is 1. The van der Waals surface area contributed by atoms with Crippen LogP contribution in [0.25, 0.3) is 0 Å². The van der Waals surface area contributed by atoms with Crippen molar-refractivity contribution in [3.8, 4) is 0 Å². The molecule has 0 aliphatic rings. The van der Waals surface area contributed by atoms with Gasteiger partial charge in [0.05, 0.1) is 18.6 Å². The molecule has 13 heavy (non-hydrogen) atoms. The molecule has 2 rings (SSSR count).